The number of thioether (sulfide) groups is 1. The Kier molecular flexibility index (Phi) is 6.92. The number of hydrogen-bond donors (Lipinski definition) is 2. The first-order valence-corrected chi connectivity index (χ1v) is 9.07. The van der Waals surface area contributed by atoms with Gasteiger partial charge in [-0.1, -0.05) is 6.42 Å². The highest BCUT2D eigenvalue weighted by molar-refractivity contribution is 7.98. The van der Waals surface area contributed by atoms with Crippen LogP contribution in [0.3, 0.4) is 0 Å². The number of furan rings is 1. The second kappa shape index (κ2) is 7.94. The molecule has 0 aromatic carbocycles. The molecule has 0 saturated heterocycles. The van der Waals surface area contributed by atoms with E-state index < -0.39 is 10.0 Å². The van der Waals surface area contributed by atoms with Crippen molar-refractivity contribution in [1.29, 1.82) is 0 Å². The smallest absolute Gasteiger partial charge is 0.244 e. The molecule has 0 spiro atoms. The van der Waals surface area contributed by atoms with Crippen LogP contribution in [-0.2, 0) is 16.6 Å². The largest absolute Gasteiger partial charge is 0.462 e. The van der Waals surface area contributed by atoms with Crippen LogP contribution >= 0.6 is 11.8 Å². The monoisotopic (exact) mass is 307 g/mol. The first kappa shape index (κ1) is 16.6. The van der Waals surface area contributed by atoms with E-state index in [0.29, 0.717) is 12.3 Å². The van der Waals surface area contributed by atoms with Gasteiger partial charge >= 0.3 is 0 Å². The van der Waals surface area contributed by atoms with Crippen LogP contribution in [0.1, 0.15) is 30.8 Å². The molecule has 0 saturated carbocycles. The van der Waals surface area contributed by atoms with Gasteiger partial charge in [0.05, 0.1) is 0 Å². The van der Waals surface area contributed by atoms with Crippen LogP contribution < -0.4 is 4.72 Å². The fourth-order valence-electron chi connectivity index (χ4n) is 1.70. The summed E-state index contributed by atoms with van der Waals surface area (Å²) in [6.45, 7) is 1.70. The number of sulfonamides is 1. The summed E-state index contributed by atoms with van der Waals surface area (Å²) >= 11 is 1.79. The number of aliphatic hydroxyl groups excluding tert-OH is 1. The van der Waals surface area contributed by atoms with Crippen molar-refractivity contribution in [3.63, 3.8) is 0 Å². The van der Waals surface area contributed by atoms with Crippen LogP contribution in [0.25, 0.3) is 0 Å². The Hall–Kier alpha value is -0.500. The van der Waals surface area contributed by atoms with Gasteiger partial charge in [0.1, 0.15) is 23.0 Å². The molecule has 1 heterocycles. The second-order valence-corrected chi connectivity index (χ2v) is 6.96. The maximum absolute atomic E-state index is 12.0. The van der Waals surface area contributed by atoms with Gasteiger partial charge in [-0.2, -0.15) is 11.8 Å². The number of aliphatic hydroxyl groups is 1. The van der Waals surface area contributed by atoms with Crippen LogP contribution in [0.2, 0.25) is 0 Å². The van der Waals surface area contributed by atoms with E-state index in [1.165, 1.54) is 6.07 Å². The lowest BCUT2D eigenvalue weighted by molar-refractivity contribution is 0.244. The van der Waals surface area contributed by atoms with Gasteiger partial charge in [-0.15, -0.1) is 0 Å². The molecule has 0 aliphatic rings. The molecule has 1 aromatic rings. The molecule has 0 aliphatic heterocycles. The molecular formula is C12H21NO4S2. The van der Waals surface area contributed by atoms with Gasteiger partial charge in [0.15, 0.2) is 0 Å². The number of rotatable bonds is 9. The highest BCUT2D eigenvalue weighted by Gasteiger charge is 2.20. The summed E-state index contributed by atoms with van der Waals surface area (Å²) in [5, 5.41) is 8.93. The van der Waals surface area contributed by atoms with E-state index in [4.69, 9.17) is 9.52 Å². The molecule has 0 atom stereocenters. The van der Waals surface area contributed by atoms with Crippen LogP contribution in [0.15, 0.2) is 15.4 Å². The average molecular weight is 307 g/mol. The summed E-state index contributed by atoms with van der Waals surface area (Å²) < 4.78 is 31.7. The lowest BCUT2D eigenvalue weighted by Crippen LogP contribution is -2.25. The van der Waals surface area contributed by atoms with Crippen LogP contribution in [0.4, 0.5) is 0 Å². The predicted octanol–water partition coefficient (Wildman–Crippen LogP) is 1.89. The Bertz CT molecular complexity index is 482. The molecule has 1 rings (SSSR count). The van der Waals surface area contributed by atoms with Crippen molar-refractivity contribution in [3.05, 3.63) is 17.6 Å². The molecule has 5 nitrogen and oxygen atoms in total. The molecule has 0 aliphatic carbocycles. The van der Waals surface area contributed by atoms with E-state index >= 15 is 0 Å². The molecule has 0 unspecified atom stereocenters. The van der Waals surface area contributed by atoms with Crippen molar-refractivity contribution >= 4 is 21.8 Å². The minimum Gasteiger partial charge on any atom is -0.462 e. The van der Waals surface area contributed by atoms with E-state index in [2.05, 4.69) is 11.0 Å². The van der Waals surface area contributed by atoms with Gasteiger partial charge in [0.2, 0.25) is 10.0 Å². The third kappa shape index (κ3) is 5.18. The summed E-state index contributed by atoms with van der Waals surface area (Å²) in [5.74, 6) is 1.67. The molecule has 0 bridgehead atoms. The maximum atomic E-state index is 12.0. The minimum atomic E-state index is -3.53. The maximum Gasteiger partial charge on any atom is 0.244 e. The molecule has 110 valence electrons. The van der Waals surface area contributed by atoms with Gasteiger partial charge < -0.3 is 9.52 Å². The predicted molar refractivity (Wildman–Crippen MR) is 76.8 cm³/mol. The fourth-order valence-corrected chi connectivity index (χ4v) is 3.47. The van der Waals surface area contributed by atoms with Crippen LogP contribution in [-0.4, -0.2) is 32.1 Å². The Balaban J connectivity index is 2.49. The Labute approximate surface area is 118 Å². The van der Waals surface area contributed by atoms with Crippen LogP contribution in [0.5, 0.6) is 0 Å². The molecule has 19 heavy (non-hydrogen) atoms. The fraction of sp³-hybridized carbons (Fsp3) is 0.667. The van der Waals surface area contributed by atoms with Gasteiger partial charge in [-0.3, -0.25) is 0 Å². The molecule has 2 N–H and O–H groups in total. The van der Waals surface area contributed by atoms with Gasteiger partial charge in [-0.05, 0) is 31.8 Å². The molecule has 7 heteroatoms. The van der Waals surface area contributed by atoms with E-state index in [-0.39, 0.29) is 17.3 Å². The molecular weight excluding hydrogens is 286 g/mol. The lowest BCUT2D eigenvalue weighted by atomic mass is 10.2. The molecule has 0 fully saturated rings. The number of hydrogen-bond acceptors (Lipinski definition) is 5. The summed E-state index contributed by atoms with van der Waals surface area (Å²) in [5.41, 5.74) is 0. The van der Waals surface area contributed by atoms with E-state index in [1.54, 1.807) is 18.7 Å². The minimum absolute atomic E-state index is 0.112. The lowest BCUT2D eigenvalue weighted by Gasteiger charge is -2.05. The van der Waals surface area contributed by atoms with Gasteiger partial charge in [0, 0.05) is 12.6 Å². The SMILES string of the molecule is CSCCCCCNS(=O)(=O)c1cc(CO)oc1C. The van der Waals surface area contributed by atoms with Crippen molar-refractivity contribution in [2.24, 2.45) is 0 Å². The summed E-state index contributed by atoms with van der Waals surface area (Å²) in [7, 11) is -3.53. The first-order valence-electron chi connectivity index (χ1n) is 6.20. The van der Waals surface area contributed by atoms with Crippen molar-refractivity contribution < 1.29 is 17.9 Å². The molecule has 0 amide bonds. The second-order valence-electron chi connectivity index (χ2n) is 4.24. The number of nitrogens with one attached hydrogen (secondary N) is 1. The van der Waals surface area contributed by atoms with E-state index in [0.717, 1.165) is 25.0 Å². The summed E-state index contributed by atoms with van der Waals surface area (Å²) in [4.78, 5) is 0.112. The molecule has 1 aromatic heterocycles. The first-order chi connectivity index (χ1) is 9.01. The third-order valence-corrected chi connectivity index (χ3v) is 4.95. The highest BCUT2D eigenvalue weighted by atomic mass is 32.2. The average Bonchev–Trinajstić information content (AvgIpc) is 2.76. The summed E-state index contributed by atoms with van der Waals surface area (Å²) in [6.07, 6.45) is 4.99. The Morgan fingerprint density at radius 1 is 1.37 bits per heavy atom. The quantitative estimate of drug-likeness (QED) is 0.681. The topological polar surface area (TPSA) is 79.5 Å². The van der Waals surface area contributed by atoms with Crippen molar-refractivity contribution in [1.82, 2.24) is 4.72 Å². The Morgan fingerprint density at radius 2 is 2.11 bits per heavy atom. The van der Waals surface area contributed by atoms with Crippen molar-refractivity contribution in [2.45, 2.75) is 37.7 Å². The zero-order valence-electron chi connectivity index (χ0n) is 11.3. The number of aryl methyl sites for hydroxylation is 1. The summed E-state index contributed by atoms with van der Waals surface area (Å²) in [6, 6.07) is 1.37. The zero-order valence-corrected chi connectivity index (χ0v) is 12.9. The van der Waals surface area contributed by atoms with Gasteiger partial charge in [0.25, 0.3) is 0 Å². The molecule has 0 radical (unpaired) electrons. The standard InChI is InChI=1S/C12H21NO4S2/c1-10-12(8-11(9-14)17-10)19(15,16)13-6-4-3-5-7-18-2/h8,13-14H,3-7,9H2,1-2H3. The van der Waals surface area contributed by atoms with Gasteiger partial charge in [-0.25, -0.2) is 13.1 Å². The van der Waals surface area contributed by atoms with Crippen molar-refractivity contribution in [2.75, 3.05) is 18.6 Å². The van der Waals surface area contributed by atoms with Crippen LogP contribution in [0, 0.1) is 6.92 Å². The third-order valence-electron chi connectivity index (χ3n) is 2.69. The Morgan fingerprint density at radius 3 is 2.68 bits per heavy atom. The van der Waals surface area contributed by atoms with Crippen molar-refractivity contribution in [3.8, 4) is 0 Å². The van der Waals surface area contributed by atoms with E-state index in [1.807, 2.05) is 0 Å². The highest BCUT2D eigenvalue weighted by Crippen LogP contribution is 2.19. The normalized spacial score (nSPS) is 11.9. The zero-order chi connectivity index (χ0) is 14.3. The van der Waals surface area contributed by atoms with E-state index in [9.17, 15) is 8.42 Å². The number of unbranched alkanes of at least 4 members (excludes halogenated alkanes) is 2.